The van der Waals surface area contributed by atoms with E-state index in [0.717, 1.165) is 32.4 Å². The third kappa shape index (κ3) is 5.39. The van der Waals surface area contributed by atoms with E-state index in [-0.39, 0.29) is 6.61 Å². The van der Waals surface area contributed by atoms with Crippen LogP contribution in [0.15, 0.2) is 0 Å². The molecule has 3 N–H and O–H groups in total. The maximum absolute atomic E-state index is 10.3. The molecule has 5 nitrogen and oxygen atoms in total. The lowest BCUT2D eigenvalue weighted by Crippen LogP contribution is -2.28. The lowest BCUT2D eigenvalue weighted by molar-refractivity contribution is 0.177. The molecule has 0 aromatic rings. The third-order valence-corrected chi connectivity index (χ3v) is 2.76. The number of hydrogen-bond acceptors (Lipinski definition) is 3. The first-order valence-corrected chi connectivity index (χ1v) is 6.02. The number of rotatable bonds is 4. The van der Waals surface area contributed by atoms with Crippen molar-refractivity contribution in [1.82, 2.24) is 5.32 Å². The van der Waals surface area contributed by atoms with Gasteiger partial charge in [0.25, 0.3) is 0 Å². The predicted octanol–water partition coefficient (Wildman–Crippen LogP) is 0.485. The number of hydrogen-bond donors (Lipinski definition) is 3. The molecule has 0 amide bonds. The monoisotopic (exact) mass is 209 g/mol. The van der Waals surface area contributed by atoms with Crippen LogP contribution in [0.5, 0.6) is 0 Å². The van der Waals surface area contributed by atoms with Crippen LogP contribution in [0.1, 0.15) is 19.3 Å². The minimum atomic E-state index is -4.25. The Bertz CT molecular complexity index is 187. The smallest absolute Gasteiger partial charge is 0.317 e. The molecule has 0 aromatic carbocycles. The van der Waals surface area contributed by atoms with Crippen LogP contribution < -0.4 is 5.32 Å². The van der Waals surface area contributed by atoms with Gasteiger partial charge in [0.1, 0.15) is 0 Å². The molecule has 1 saturated heterocycles. The third-order valence-electron chi connectivity index (χ3n) is 2.24. The fraction of sp³-hybridized carbons (Fsp3) is 1.00. The van der Waals surface area contributed by atoms with Gasteiger partial charge in [-0.15, -0.1) is 0 Å². The molecule has 1 rings (SSSR count). The molecule has 0 unspecified atom stereocenters. The first kappa shape index (κ1) is 11.1. The van der Waals surface area contributed by atoms with E-state index in [9.17, 15) is 4.57 Å². The van der Waals surface area contributed by atoms with Crippen LogP contribution in [0, 0.1) is 5.92 Å². The molecule has 1 aliphatic rings. The molecular formula is C7H16NO4P. The fourth-order valence-corrected chi connectivity index (χ4v) is 1.85. The maximum Gasteiger partial charge on any atom is 0.469 e. The van der Waals surface area contributed by atoms with Crippen LogP contribution in [0.4, 0.5) is 0 Å². The Morgan fingerprint density at radius 3 is 2.54 bits per heavy atom. The minimum absolute atomic E-state index is 0.162. The van der Waals surface area contributed by atoms with Crippen LogP contribution in [0.2, 0.25) is 0 Å². The van der Waals surface area contributed by atoms with Crippen LogP contribution in [0.25, 0.3) is 0 Å². The van der Waals surface area contributed by atoms with Crippen molar-refractivity contribution in [1.29, 1.82) is 0 Å². The molecule has 0 radical (unpaired) electrons. The zero-order chi connectivity index (χ0) is 9.73. The normalized spacial score (nSPS) is 20.5. The Labute approximate surface area is 77.7 Å². The van der Waals surface area contributed by atoms with E-state index < -0.39 is 7.82 Å². The summed E-state index contributed by atoms with van der Waals surface area (Å²) in [6.45, 7) is 2.16. The standard InChI is InChI=1S/C7H16NO4P/c9-13(10,11)12-6-3-7-1-4-8-5-2-7/h7-8H,1-6H2,(H2,9,10,11). The highest BCUT2D eigenvalue weighted by Crippen LogP contribution is 2.36. The molecule has 13 heavy (non-hydrogen) atoms. The van der Waals surface area contributed by atoms with Crippen molar-refractivity contribution in [2.24, 2.45) is 5.92 Å². The van der Waals surface area contributed by atoms with Crippen molar-refractivity contribution >= 4 is 7.82 Å². The first-order valence-electron chi connectivity index (χ1n) is 4.49. The van der Waals surface area contributed by atoms with Crippen LogP contribution in [-0.4, -0.2) is 29.5 Å². The van der Waals surface area contributed by atoms with Crippen molar-refractivity contribution in [2.75, 3.05) is 19.7 Å². The zero-order valence-electron chi connectivity index (χ0n) is 7.48. The molecule has 0 aromatic heterocycles. The molecule has 0 atom stereocenters. The van der Waals surface area contributed by atoms with Gasteiger partial charge < -0.3 is 15.1 Å². The summed E-state index contributed by atoms with van der Waals surface area (Å²) in [6, 6.07) is 0. The van der Waals surface area contributed by atoms with Crippen molar-refractivity contribution in [3.8, 4) is 0 Å². The van der Waals surface area contributed by atoms with E-state index in [1.807, 2.05) is 0 Å². The van der Waals surface area contributed by atoms with E-state index >= 15 is 0 Å². The van der Waals surface area contributed by atoms with Crippen molar-refractivity contribution in [3.05, 3.63) is 0 Å². The molecule has 0 aliphatic carbocycles. The SMILES string of the molecule is O=P(O)(O)OCCC1CCNCC1. The molecule has 78 valence electrons. The lowest BCUT2D eigenvalue weighted by Gasteiger charge is -2.22. The maximum atomic E-state index is 10.3. The second-order valence-electron chi connectivity index (χ2n) is 3.31. The number of nitrogens with one attached hydrogen (secondary N) is 1. The van der Waals surface area contributed by atoms with Gasteiger partial charge in [0.15, 0.2) is 0 Å². The van der Waals surface area contributed by atoms with Gasteiger partial charge in [-0.2, -0.15) is 0 Å². The molecule has 6 heteroatoms. The zero-order valence-corrected chi connectivity index (χ0v) is 8.37. The van der Waals surface area contributed by atoms with Gasteiger partial charge in [0.05, 0.1) is 6.61 Å². The van der Waals surface area contributed by atoms with E-state index in [0.29, 0.717) is 5.92 Å². The second-order valence-corrected chi connectivity index (χ2v) is 4.55. The fourth-order valence-electron chi connectivity index (χ4n) is 1.51. The van der Waals surface area contributed by atoms with Gasteiger partial charge >= 0.3 is 7.82 Å². The second kappa shape index (κ2) is 5.08. The van der Waals surface area contributed by atoms with E-state index in [2.05, 4.69) is 9.84 Å². The molecule has 1 heterocycles. The molecule has 0 saturated carbocycles. The van der Waals surface area contributed by atoms with Crippen molar-refractivity contribution in [3.63, 3.8) is 0 Å². The number of phosphoric ester groups is 1. The predicted molar refractivity (Wildman–Crippen MR) is 48.2 cm³/mol. The summed E-state index contributed by atoms with van der Waals surface area (Å²) in [5, 5.41) is 3.23. The summed E-state index contributed by atoms with van der Waals surface area (Å²) in [6.07, 6.45) is 2.89. The van der Waals surface area contributed by atoms with Crippen molar-refractivity contribution in [2.45, 2.75) is 19.3 Å². The van der Waals surface area contributed by atoms with Gasteiger partial charge in [-0.25, -0.2) is 4.57 Å². The average Bonchev–Trinajstić information content (AvgIpc) is 2.04. The Balaban J connectivity index is 2.08. The van der Waals surface area contributed by atoms with Crippen LogP contribution in [0.3, 0.4) is 0 Å². The van der Waals surface area contributed by atoms with E-state index in [1.54, 1.807) is 0 Å². The highest BCUT2D eigenvalue weighted by atomic mass is 31.2. The summed E-state index contributed by atoms with van der Waals surface area (Å²) in [5.74, 6) is 0.549. The summed E-state index contributed by atoms with van der Waals surface area (Å²) >= 11 is 0. The average molecular weight is 209 g/mol. The van der Waals surface area contributed by atoms with E-state index in [4.69, 9.17) is 9.79 Å². The van der Waals surface area contributed by atoms with E-state index in [1.165, 1.54) is 0 Å². The number of piperidine rings is 1. The van der Waals surface area contributed by atoms with Gasteiger partial charge in [-0.3, -0.25) is 4.52 Å². The summed E-state index contributed by atoms with van der Waals surface area (Å²) < 4.78 is 14.7. The van der Waals surface area contributed by atoms with Crippen molar-refractivity contribution < 1.29 is 18.9 Å². The molecular weight excluding hydrogens is 193 g/mol. The Morgan fingerprint density at radius 2 is 2.00 bits per heavy atom. The quantitative estimate of drug-likeness (QED) is 0.587. The van der Waals surface area contributed by atoms with Crippen LogP contribution >= 0.6 is 7.82 Å². The highest BCUT2D eigenvalue weighted by Gasteiger charge is 2.17. The molecule has 0 spiro atoms. The Morgan fingerprint density at radius 1 is 1.38 bits per heavy atom. The van der Waals surface area contributed by atoms with Gasteiger partial charge in [-0.05, 0) is 38.3 Å². The lowest BCUT2D eigenvalue weighted by atomic mass is 9.95. The summed E-state index contributed by atoms with van der Waals surface area (Å²) in [5.41, 5.74) is 0. The first-order chi connectivity index (χ1) is 6.08. The molecule has 0 bridgehead atoms. The van der Waals surface area contributed by atoms with Gasteiger partial charge in [-0.1, -0.05) is 0 Å². The molecule has 1 aliphatic heterocycles. The minimum Gasteiger partial charge on any atom is -0.317 e. The molecule has 1 fully saturated rings. The highest BCUT2D eigenvalue weighted by molar-refractivity contribution is 7.46. The largest absolute Gasteiger partial charge is 0.469 e. The van der Waals surface area contributed by atoms with Gasteiger partial charge in [0, 0.05) is 0 Å². The van der Waals surface area contributed by atoms with Gasteiger partial charge in [0.2, 0.25) is 0 Å². The Hall–Kier alpha value is 0.0700. The Kier molecular flexibility index (Phi) is 4.35. The van der Waals surface area contributed by atoms with Crippen LogP contribution in [-0.2, 0) is 9.09 Å². The number of phosphoric acid groups is 1. The summed E-state index contributed by atoms with van der Waals surface area (Å²) in [7, 11) is -4.25. The summed E-state index contributed by atoms with van der Waals surface area (Å²) in [4.78, 5) is 16.8. The topological polar surface area (TPSA) is 78.8 Å².